The standard InChI is InChI=1S/C26H27ClFN3O4S/c1-17-23(29-16-30-26(17)35-25-8-7-19(14-22(25)28)36(2,33)34)13-18-9-11-31(12-10-18)15-24(32)20-5-3-4-6-21(20)27/h3-8,14,16,18H,9-13,15H2,1-2H3. The molecule has 2 heterocycles. The second-order valence-electron chi connectivity index (χ2n) is 9.04. The summed E-state index contributed by atoms with van der Waals surface area (Å²) in [5, 5.41) is 0.473. The van der Waals surface area contributed by atoms with E-state index in [9.17, 15) is 17.6 Å². The summed E-state index contributed by atoms with van der Waals surface area (Å²) in [7, 11) is -3.52. The van der Waals surface area contributed by atoms with E-state index in [2.05, 4.69) is 14.9 Å². The van der Waals surface area contributed by atoms with Crippen LogP contribution in [0.2, 0.25) is 5.02 Å². The summed E-state index contributed by atoms with van der Waals surface area (Å²) in [4.78, 5) is 23.2. The number of piperidine rings is 1. The molecule has 0 radical (unpaired) electrons. The minimum atomic E-state index is -3.52. The molecular weight excluding hydrogens is 505 g/mol. The van der Waals surface area contributed by atoms with Crippen LogP contribution < -0.4 is 4.74 Å². The maximum Gasteiger partial charge on any atom is 0.225 e. The maximum absolute atomic E-state index is 14.5. The molecular formula is C26H27ClFN3O4S. The SMILES string of the molecule is Cc1c(CC2CCN(CC(=O)c3ccccc3Cl)CC2)ncnc1Oc1ccc(S(C)(=O)=O)cc1F. The fourth-order valence-electron chi connectivity index (χ4n) is 4.27. The van der Waals surface area contributed by atoms with E-state index in [-0.39, 0.29) is 22.3 Å². The van der Waals surface area contributed by atoms with Gasteiger partial charge in [0.2, 0.25) is 5.88 Å². The molecule has 0 N–H and O–H groups in total. The van der Waals surface area contributed by atoms with E-state index in [1.807, 2.05) is 13.0 Å². The molecule has 36 heavy (non-hydrogen) atoms. The highest BCUT2D eigenvalue weighted by Crippen LogP contribution is 2.30. The summed E-state index contributed by atoms with van der Waals surface area (Å²) in [5.41, 5.74) is 2.08. The van der Waals surface area contributed by atoms with Crippen LogP contribution in [0.1, 0.15) is 34.5 Å². The van der Waals surface area contributed by atoms with Crippen molar-refractivity contribution in [1.29, 1.82) is 0 Å². The number of carbonyl (C=O) groups excluding carboxylic acids is 1. The van der Waals surface area contributed by atoms with E-state index >= 15 is 0 Å². The molecule has 0 atom stereocenters. The van der Waals surface area contributed by atoms with Crippen molar-refractivity contribution in [3.63, 3.8) is 0 Å². The summed E-state index contributed by atoms with van der Waals surface area (Å²) in [6.07, 6.45) is 4.95. The second-order valence-corrected chi connectivity index (χ2v) is 11.5. The van der Waals surface area contributed by atoms with Crippen LogP contribution in [0.3, 0.4) is 0 Å². The first-order valence-electron chi connectivity index (χ1n) is 11.6. The number of Topliss-reactive ketones (excluding diaryl/α,β-unsaturated/α-hetero) is 1. The molecule has 1 aliphatic heterocycles. The Kier molecular flexibility index (Phi) is 8.02. The van der Waals surface area contributed by atoms with Crippen molar-refractivity contribution in [2.45, 2.75) is 31.1 Å². The number of likely N-dealkylation sites (tertiary alicyclic amines) is 1. The third-order valence-corrected chi connectivity index (χ3v) is 7.85. The van der Waals surface area contributed by atoms with Gasteiger partial charge in [-0.2, -0.15) is 0 Å². The van der Waals surface area contributed by atoms with Crippen LogP contribution in [0.25, 0.3) is 0 Å². The van der Waals surface area contributed by atoms with Crippen LogP contribution in [0, 0.1) is 18.7 Å². The van der Waals surface area contributed by atoms with Gasteiger partial charge < -0.3 is 4.74 Å². The van der Waals surface area contributed by atoms with Crippen molar-refractivity contribution < 1.29 is 22.3 Å². The molecule has 0 bridgehead atoms. The Labute approximate surface area is 215 Å². The maximum atomic E-state index is 14.5. The van der Waals surface area contributed by atoms with Gasteiger partial charge in [-0.05, 0) is 75.5 Å². The first-order valence-corrected chi connectivity index (χ1v) is 13.9. The monoisotopic (exact) mass is 531 g/mol. The van der Waals surface area contributed by atoms with Gasteiger partial charge in [-0.25, -0.2) is 22.8 Å². The molecule has 4 rings (SSSR count). The predicted molar refractivity (Wildman–Crippen MR) is 135 cm³/mol. The number of sulfone groups is 1. The number of halogens is 2. The van der Waals surface area contributed by atoms with Crippen molar-refractivity contribution in [3.8, 4) is 11.6 Å². The zero-order chi connectivity index (χ0) is 25.9. The fourth-order valence-corrected chi connectivity index (χ4v) is 5.15. The Morgan fingerprint density at radius 1 is 1.17 bits per heavy atom. The molecule has 0 unspecified atom stereocenters. The molecule has 1 saturated heterocycles. The van der Waals surface area contributed by atoms with Crippen LogP contribution >= 0.6 is 11.6 Å². The quantitative estimate of drug-likeness (QED) is 0.381. The fraction of sp³-hybridized carbons (Fsp3) is 0.346. The van der Waals surface area contributed by atoms with Gasteiger partial charge in [0.05, 0.1) is 22.2 Å². The lowest BCUT2D eigenvalue weighted by molar-refractivity contribution is 0.0895. The van der Waals surface area contributed by atoms with E-state index in [4.69, 9.17) is 16.3 Å². The van der Waals surface area contributed by atoms with E-state index in [1.165, 1.54) is 18.5 Å². The molecule has 3 aromatic rings. The third kappa shape index (κ3) is 6.27. The number of nitrogens with zero attached hydrogens (tertiary/aromatic N) is 3. The molecule has 0 amide bonds. The Morgan fingerprint density at radius 3 is 2.56 bits per heavy atom. The van der Waals surface area contributed by atoms with Crippen LogP contribution in [-0.4, -0.2) is 55.0 Å². The van der Waals surface area contributed by atoms with Crippen molar-refractivity contribution >= 4 is 27.2 Å². The Hall–Kier alpha value is -2.88. The highest BCUT2D eigenvalue weighted by molar-refractivity contribution is 7.90. The normalized spacial score (nSPS) is 15.1. The predicted octanol–water partition coefficient (Wildman–Crippen LogP) is 4.91. The number of ketones is 1. The average Bonchev–Trinajstić information content (AvgIpc) is 2.83. The van der Waals surface area contributed by atoms with Crippen LogP contribution in [0.15, 0.2) is 53.7 Å². The van der Waals surface area contributed by atoms with Gasteiger partial charge >= 0.3 is 0 Å². The van der Waals surface area contributed by atoms with E-state index in [1.54, 1.807) is 18.2 Å². The van der Waals surface area contributed by atoms with Crippen LogP contribution in [0.4, 0.5) is 4.39 Å². The largest absolute Gasteiger partial charge is 0.436 e. The average molecular weight is 532 g/mol. The highest BCUT2D eigenvalue weighted by atomic mass is 35.5. The lowest BCUT2D eigenvalue weighted by Gasteiger charge is -2.31. The van der Waals surface area contributed by atoms with Gasteiger partial charge in [0.1, 0.15) is 6.33 Å². The second kappa shape index (κ2) is 11.0. The van der Waals surface area contributed by atoms with Gasteiger partial charge in [-0.3, -0.25) is 9.69 Å². The van der Waals surface area contributed by atoms with E-state index in [0.717, 1.165) is 43.9 Å². The van der Waals surface area contributed by atoms with E-state index < -0.39 is 15.7 Å². The van der Waals surface area contributed by atoms with Gasteiger partial charge in [-0.15, -0.1) is 0 Å². The first-order chi connectivity index (χ1) is 17.1. The molecule has 7 nitrogen and oxygen atoms in total. The molecule has 1 aliphatic rings. The number of carbonyl (C=O) groups is 1. The van der Waals surface area contributed by atoms with Gasteiger partial charge in [0.25, 0.3) is 0 Å². The molecule has 0 saturated carbocycles. The Morgan fingerprint density at radius 2 is 1.89 bits per heavy atom. The van der Waals surface area contributed by atoms with E-state index in [0.29, 0.717) is 35.0 Å². The van der Waals surface area contributed by atoms with Crippen LogP contribution in [0.5, 0.6) is 11.6 Å². The molecule has 2 aromatic carbocycles. The molecule has 1 aromatic heterocycles. The molecule has 0 aliphatic carbocycles. The van der Waals surface area contributed by atoms with Crippen molar-refractivity contribution in [1.82, 2.24) is 14.9 Å². The zero-order valence-corrected chi connectivity index (χ0v) is 21.7. The molecule has 1 fully saturated rings. The number of hydrogen-bond acceptors (Lipinski definition) is 7. The number of aromatic nitrogens is 2. The number of ether oxygens (including phenoxy) is 1. The Balaban J connectivity index is 1.36. The zero-order valence-electron chi connectivity index (χ0n) is 20.1. The van der Waals surface area contributed by atoms with Gasteiger partial charge in [-0.1, -0.05) is 23.7 Å². The summed E-state index contributed by atoms with van der Waals surface area (Å²) in [6, 6.07) is 10.6. The lowest BCUT2D eigenvalue weighted by Crippen LogP contribution is -2.38. The smallest absolute Gasteiger partial charge is 0.225 e. The topological polar surface area (TPSA) is 89.5 Å². The summed E-state index contributed by atoms with van der Waals surface area (Å²) in [6.45, 7) is 3.76. The minimum Gasteiger partial charge on any atom is -0.436 e. The third-order valence-electron chi connectivity index (χ3n) is 6.41. The van der Waals surface area contributed by atoms with Gasteiger partial charge in [0.15, 0.2) is 27.2 Å². The highest BCUT2D eigenvalue weighted by Gasteiger charge is 2.24. The number of hydrogen-bond donors (Lipinski definition) is 0. The van der Waals surface area contributed by atoms with Crippen LogP contribution in [-0.2, 0) is 16.3 Å². The van der Waals surface area contributed by atoms with Crippen molar-refractivity contribution in [3.05, 3.63) is 76.5 Å². The number of benzene rings is 2. The molecule has 10 heteroatoms. The summed E-state index contributed by atoms with van der Waals surface area (Å²) < 4.78 is 43.4. The molecule has 190 valence electrons. The summed E-state index contributed by atoms with van der Waals surface area (Å²) in [5.74, 6) is -0.259. The Bertz CT molecular complexity index is 1380. The minimum absolute atomic E-state index is 0.0179. The van der Waals surface area contributed by atoms with Crippen molar-refractivity contribution in [2.24, 2.45) is 5.92 Å². The first kappa shape index (κ1) is 26.2. The summed E-state index contributed by atoms with van der Waals surface area (Å²) >= 11 is 6.16. The lowest BCUT2D eigenvalue weighted by atomic mass is 9.91. The van der Waals surface area contributed by atoms with Gasteiger partial charge in [0, 0.05) is 17.4 Å². The van der Waals surface area contributed by atoms with Crippen molar-refractivity contribution in [2.75, 3.05) is 25.9 Å². The molecule has 0 spiro atoms. The number of rotatable bonds is 8.